The number of benzene rings is 1. The van der Waals surface area contributed by atoms with Gasteiger partial charge < -0.3 is 14.7 Å². The maximum Gasteiger partial charge on any atom is 0.257 e. The summed E-state index contributed by atoms with van der Waals surface area (Å²) in [4.78, 5) is 45.2. The molecule has 0 bridgehead atoms. The number of likely N-dealkylation sites (N-methyl/N-ethyl adjacent to an activating group) is 2. The molecule has 2 aromatic rings. The van der Waals surface area contributed by atoms with E-state index in [1.165, 1.54) is 21.8 Å². The SMILES string of the molecule is CCN1C(=O)CN(C)C(=O)c2c1sc1c2CCN(C(=O)C2CCc3ccccc32)C1. The van der Waals surface area contributed by atoms with Crippen molar-refractivity contribution in [3.63, 3.8) is 0 Å². The zero-order chi connectivity index (χ0) is 21.0. The number of thiophene rings is 1. The first-order chi connectivity index (χ1) is 14.5. The van der Waals surface area contributed by atoms with Crippen molar-refractivity contribution in [1.82, 2.24) is 9.80 Å². The number of hydrogen-bond acceptors (Lipinski definition) is 4. The van der Waals surface area contributed by atoms with Crippen molar-refractivity contribution in [2.45, 2.75) is 38.6 Å². The number of rotatable bonds is 2. The molecule has 30 heavy (non-hydrogen) atoms. The summed E-state index contributed by atoms with van der Waals surface area (Å²) >= 11 is 1.51. The van der Waals surface area contributed by atoms with Crippen LogP contribution in [0.1, 0.15) is 51.2 Å². The van der Waals surface area contributed by atoms with Gasteiger partial charge in [-0.1, -0.05) is 24.3 Å². The van der Waals surface area contributed by atoms with Crippen LogP contribution in [0.15, 0.2) is 24.3 Å². The van der Waals surface area contributed by atoms with Gasteiger partial charge in [0.15, 0.2) is 0 Å². The van der Waals surface area contributed by atoms with Crippen LogP contribution in [0, 0.1) is 0 Å². The van der Waals surface area contributed by atoms with Gasteiger partial charge in [-0.3, -0.25) is 14.4 Å². The smallest absolute Gasteiger partial charge is 0.257 e. The highest BCUT2D eigenvalue weighted by Crippen LogP contribution is 2.42. The maximum atomic E-state index is 13.4. The summed E-state index contributed by atoms with van der Waals surface area (Å²) in [7, 11) is 1.68. The molecule has 3 aliphatic rings. The number of nitrogens with zero attached hydrogens (tertiary/aromatic N) is 3. The summed E-state index contributed by atoms with van der Waals surface area (Å²) in [6.45, 7) is 3.71. The van der Waals surface area contributed by atoms with E-state index >= 15 is 0 Å². The second-order valence-corrected chi connectivity index (χ2v) is 9.37. The maximum absolute atomic E-state index is 13.4. The Hall–Kier alpha value is -2.67. The molecule has 2 aliphatic heterocycles. The first kappa shape index (κ1) is 19.3. The van der Waals surface area contributed by atoms with Gasteiger partial charge in [-0.05, 0) is 42.9 Å². The molecule has 1 unspecified atom stereocenters. The largest absolute Gasteiger partial charge is 0.337 e. The Morgan fingerprint density at radius 2 is 1.97 bits per heavy atom. The normalized spacial score (nSPS) is 20.7. The number of anilines is 1. The first-order valence-electron chi connectivity index (χ1n) is 10.6. The molecular weight excluding hydrogens is 398 g/mol. The minimum atomic E-state index is -0.0868. The minimum absolute atomic E-state index is 0.0545. The van der Waals surface area contributed by atoms with Crippen LogP contribution >= 0.6 is 11.3 Å². The Balaban J connectivity index is 1.46. The Bertz CT molecular complexity index is 1060. The molecule has 0 N–H and O–H groups in total. The van der Waals surface area contributed by atoms with Crippen LogP contribution in [0.2, 0.25) is 0 Å². The minimum Gasteiger partial charge on any atom is -0.337 e. The summed E-state index contributed by atoms with van der Waals surface area (Å²) < 4.78 is 0. The molecule has 3 heterocycles. The second kappa shape index (κ2) is 7.23. The molecule has 7 heteroatoms. The monoisotopic (exact) mass is 423 g/mol. The van der Waals surface area contributed by atoms with Crippen molar-refractivity contribution in [3.05, 3.63) is 51.4 Å². The lowest BCUT2D eigenvalue weighted by molar-refractivity contribution is -0.133. The molecule has 1 aliphatic carbocycles. The number of hydrogen-bond donors (Lipinski definition) is 0. The number of amides is 3. The van der Waals surface area contributed by atoms with Crippen molar-refractivity contribution in [1.29, 1.82) is 0 Å². The molecule has 5 rings (SSSR count). The average molecular weight is 424 g/mol. The number of aryl methyl sites for hydroxylation is 1. The molecule has 0 radical (unpaired) electrons. The van der Waals surface area contributed by atoms with Gasteiger partial charge in [0.05, 0.1) is 18.0 Å². The fourth-order valence-electron chi connectivity index (χ4n) is 5.01. The van der Waals surface area contributed by atoms with Gasteiger partial charge in [0.1, 0.15) is 11.5 Å². The van der Waals surface area contributed by atoms with E-state index in [0.29, 0.717) is 31.6 Å². The lowest BCUT2D eigenvalue weighted by Crippen LogP contribution is -2.39. The fraction of sp³-hybridized carbons (Fsp3) is 0.435. The predicted octanol–water partition coefficient (Wildman–Crippen LogP) is 2.80. The number of fused-ring (bicyclic) bond motifs is 4. The Morgan fingerprint density at radius 1 is 1.17 bits per heavy atom. The van der Waals surface area contributed by atoms with Crippen molar-refractivity contribution in [3.8, 4) is 0 Å². The van der Waals surface area contributed by atoms with E-state index in [0.717, 1.165) is 33.8 Å². The molecule has 1 aromatic carbocycles. The summed E-state index contributed by atoms with van der Waals surface area (Å²) in [6.07, 6.45) is 2.48. The van der Waals surface area contributed by atoms with Crippen LogP contribution in [0.3, 0.4) is 0 Å². The van der Waals surface area contributed by atoms with Crippen LogP contribution in [0.5, 0.6) is 0 Å². The highest BCUT2D eigenvalue weighted by molar-refractivity contribution is 7.17. The van der Waals surface area contributed by atoms with Crippen molar-refractivity contribution >= 4 is 34.1 Å². The zero-order valence-corrected chi connectivity index (χ0v) is 18.1. The predicted molar refractivity (Wildman–Crippen MR) is 116 cm³/mol. The van der Waals surface area contributed by atoms with Crippen molar-refractivity contribution in [2.24, 2.45) is 0 Å². The van der Waals surface area contributed by atoms with E-state index < -0.39 is 0 Å². The van der Waals surface area contributed by atoms with Crippen LogP contribution in [-0.4, -0.2) is 54.2 Å². The Labute approximate surface area is 180 Å². The van der Waals surface area contributed by atoms with Gasteiger partial charge >= 0.3 is 0 Å². The van der Waals surface area contributed by atoms with Crippen molar-refractivity contribution in [2.75, 3.05) is 31.6 Å². The topological polar surface area (TPSA) is 60.9 Å². The standard InChI is InChI=1S/C23H25N3O3S/c1-3-26-19(27)13-24(2)22(29)20-17-10-11-25(12-18(17)30-23(20)26)21(28)16-9-8-14-6-4-5-7-15(14)16/h4-7,16H,3,8-13H2,1-2H3. The van der Waals surface area contributed by atoms with E-state index in [2.05, 4.69) is 12.1 Å². The third-order valence-corrected chi connectivity index (χ3v) is 7.82. The molecular formula is C23H25N3O3S. The summed E-state index contributed by atoms with van der Waals surface area (Å²) in [5, 5.41) is 0.752. The average Bonchev–Trinajstić information content (AvgIpc) is 3.32. The molecule has 0 spiro atoms. The van der Waals surface area contributed by atoms with Crippen LogP contribution in [-0.2, 0) is 29.0 Å². The van der Waals surface area contributed by atoms with Crippen LogP contribution < -0.4 is 4.90 Å². The highest BCUT2D eigenvalue weighted by atomic mass is 32.1. The highest BCUT2D eigenvalue weighted by Gasteiger charge is 2.38. The molecule has 1 atom stereocenters. The quantitative estimate of drug-likeness (QED) is 0.746. The molecule has 0 saturated carbocycles. The number of carbonyl (C=O) groups excluding carboxylic acids is 3. The lowest BCUT2D eigenvalue weighted by atomic mass is 9.97. The number of carbonyl (C=O) groups is 3. The summed E-state index contributed by atoms with van der Waals surface area (Å²) in [5.74, 6) is -0.0272. The van der Waals surface area contributed by atoms with E-state index in [1.54, 1.807) is 11.9 Å². The lowest BCUT2D eigenvalue weighted by Gasteiger charge is -2.30. The molecule has 3 amide bonds. The van der Waals surface area contributed by atoms with E-state index in [-0.39, 0.29) is 30.2 Å². The summed E-state index contributed by atoms with van der Waals surface area (Å²) in [6, 6.07) is 8.23. The molecule has 0 saturated heterocycles. The van der Waals surface area contributed by atoms with Crippen LogP contribution in [0.25, 0.3) is 0 Å². The van der Waals surface area contributed by atoms with Gasteiger partial charge in [0.25, 0.3) is 5.91 Å². The molecule has 0 fully saturated rings. The molecule has 156 valence electrons. The van der Waals surface area contributed by atoms with Gasteiger partial charge in [0.2, 0.25) is 11.8 Å². The second-order valence-electron chi connectivity index (χ2n) is 8.28. The Morgan fingerprint density at radius 3 is 2.77 bits per heavy atom. The Kier molecular flexibility index (Phi) is 4.65. The van der Waals surface area contributed by atoms with Gasteiger partial charge in [-0.15, -0.1) is 11.3 Å². The molecule has 6 nitrogen and oxygen atoms in total. The van der Waals surface area contributed by atoms with E-state index in [4.69, 9.17) is 0 Å². The fourth-order valence-corrected chi connectivity index (χ4v) is 6.44. The first-order valence-corrected chi connectivity index (χ1v) is 11.4. The zero-order valence-electron chi connectivity index (χ0n) is 17.3. The van der Waals surface area contributed by atoms with Gasteiger partial charge in [-0.25, -0.2) is 0 Å². The molecule has 1 aromatic heterocycles. The van der Waals surface area contributed by atoms with E-state index in [9.17, 15) is 14.4 Å². The van der Waals surface area contributed by atoms with Crippen LogP contribution in [0.4, 0.5) is 5.00 Å². The van der Waals surface area contributed by atoms with Crippen molar-refractivity contribution < 1.29 is 14.4 Å². The summed E-state index contributed by atoms with van der Waals surface area (Å²) in [5.41, 5.74) is 4.14. The third kappa shape index (κ3) is 2.87. The van der Waals surface area contributed by atoms with Gasteiger partial charge in [0, 0.05) is 25.0 Å². The van der Waals surface area contributed by atoms with E-state index in [1.807, 2.05) is 24.0 Å². The third-order valence-electron chi connectivity index (χ3n) is 6.58. The van der Waals surface area contributed by atoms with Gasteiger partial charge in [-0.2, -0.15) is 0 Å².